The number of nitrogens with zero attached hydrogens (tertiary/aromatic N) is 1. The number of anilines is 1. The summed E-state index contributed by atoms with van der Waals surface area (Å²) in [7, 11) is 0. The molecule has 90 valence electrons. The third-order valence-corrected chi connectivity index (χ3v) is 2.35. The van der Waals surface area contributed by atoms with E-state index in [0.717, 1.165) is 17.7 Å². The minimum Gasteiger partial charge on any atom is -0.298 e. The van der Waals surface area contributed by atoms with Gasteiger partial charge in [-0.3, -0.25) is 15.2 Å². The fourth-order valence-electron chi connectivity index (χ4n) is 1.40. The summed E-state index contributed by atoms with van der Waals surface area (Å²) in [6.45, 7) is 2.01. The van der Waals surface area contributed by atoms with Crippen LogP contribution in [0.5, 0.6) is 0 Å². The summed E-state index contributed by atoms with van der Waals surface area (Å²) in [5.41, 5.74) is 1.78. The van der Waals surface area contributed by atoms with E-state index in [1.54, 1.807) is 6.07 Å². The summed E-state index contributed by atoms with van der Waals surface area (Å²) < 4.78 is 0. The van der Waals surface area contributed by atoms with Gasteiger partial charge in [-0.15, -0.1) is 0 Å². The zero-order valence-corrected chi connectivity index (χ0v) is 10.0. The second-order valence-electron chi connectivity index (χ2n) is 3.70. The van der Waals surface area contributed by atoms with Crippen LogP contribution in [0.2, 0.25) is 0 Å². The Bertz CT molecular complexity index is 590. The largest absolute Gasteiger partial charge is 0.301 e. The number of benzene rings is 1. The van der Waals surface area contributed by atoms with E-state index in [0.29, 0.717) is 5.82 Å². The molecule has 4 nitrogen and oxygen atoms in total. The van der Waals surface area contributed by atoms with Crippen LogP contribution < -0.4 is 5.32 Å². The van der Waals surface area contributed by atoms with Gasteiger partial charge < -0.3 is 0 Å². The highest BCUT2D eigenvalue weighted by Gasteiger charge is 2.01. The quantitative estimate of drug-likeness (QED) is 0.787. The summed E-state index contributed by atoms with van der Waals surface area (Å²) in [5.74, 6) is 5.44. The van der Waals surface area contributed by atoms with E-state index < -0.39 is 0 Å². The summed E-state index contributed by atoms with van der Waals surface area (Å²) in [6.07, 6.45) is 0.846. The first-order valence-corrected chi connectivity index (χ1v) is 5.70. The Labute approximate surface area is 105 Å². The van der Waals surface area contributed by atoms with Gasteiger partial charge in [-0.2, -0.15) is 5.10 Å². The molecule has 4 heteroatoms. The second-order valence-corrected chi connectivity index (χ2v) is 3.70. The molecule has 0 aliphatic carbocycles. The number of rotatable bonds is 2. The van der Waals surface area contributed by atoms with Crippen molar-refractivity contribution in [3.63, 3.8) is 0 Å². The number of nitrogens with one attached hydrogen (secondary N) is 2. The van der Waals surface area contributed by atoms with Crippen LogP contribution in [0.3, 0.4) is 0 Å². The van der Waals surface area contributed by atoms with E-state index in [2.05, 4.69) is 27.4 Å². The van der Waals surface area contributed by atoms with E-state index in [1.807, 2.05) is 37.3 Å². The van der Waals surface area contributed by atoms with Crippen LogP contribution >= 0.6 is 0 Å². The molecule has 0 saturated heterocycles. The molecule has 18 heavy (non-hydrogen) atoms. The number of hydrogen-bond acceptors (Lipinski definition) is 2. The SMILES string of the molecule is CCc1cc(NC(=O)C#Cc2ccccc2)n[nH]1. The minimum absolute atomic E-state index is 0.368. The van der Waals surface area contributed by atoms with Gasteiger partial charge in [-0.1, -0.05) is 31.0 Å². The number of H-pyrrole nitrogens is 1. The fourth-order valence-corrected chi connectivity index (χ4v) is 1.40. The van der Waals surface area contributed by atoms with E-state index in [-0.39, 0.29) is 5.91 Å². The minimum atomic E-state index is -0.368. The van der Waals surface area contributed by atoms with Crippen molar-refractivity contribution in [2.24, 2.45) is 0 Å². The van der Waals surface area contributed by atoms with Gasteiger partial charge in [0.25, 0.3) is 0 Å². The van der Waals surface area contributed by atoms with Crippen molar-refractivity contribution in [2.45, 2.75) is 13.3 Å². The Morgan fingerprint density at radius 3 is 2.83 bits per heavy atom. The van der Waals surface area contributed by atoms with Crippen molar-refractivity contribution in [2.75, 3.05) is 5.32 Å². The van der Waals surface area contributed by atoms with Crippen LogP contribution in [0.1, 0.15) is 18.2 Å². The van der Waals surface area contributed by atoms with Crippen LogP contribution in [0.4, 0.5) is 5.82 Å². The number of carbonyl (C=O) groups is 1. The molecule has 0 saturated carbocycles. The highest BCUT2D eigenvalue weighted by Crippen LogP contribution is 2.05. The molecule has 0 aliphatic rings. The first kappa shape index (κ1) is 11.9. The molecule has 1 amide bonds. The van der Waals surface area contributed by atoms with Crippen LogP contribution in [0, 0.1) is 11.8 Å². The van der Waals surface area contributed by atoms with Crippen molar-refractivity contribution < 1.29 is 4.79 Å². The molecule has 1 heterocycles. The lowest BCUT2D eigenvalue weighted by atomic mass is 10.2. The van der Waals surface area contributed by atoms with Crippen molar-refractivity contribution >= 4 is 11.7 Å². The zero-order chi connectivity index (χ0) is 12.8. The molecule has 1 aromatic heterocycles. The van der Waals surface area contributed by atoms with Gasteiger partial charge in [0.05, 0.1) is 0 Å². The van der Waals surface area contributed by atoms with Gasteiger partial charge in [-0.25, -0.2) is 0 Å². The van der Waals surface area contributed by atoms with Crippen LogP contribution in [-0.2, 0) is 11.2 Å². The molecule has 2 N–H and O–H groups in total. The molecule has 0 radical (unpaired) electrons. The third kappa shape index (κ3) is 3.22. The van der Waals surface area contributed by atoms with Gasteiger partial charge in [0.2, 0.25) is 0 Å². The average Bonchev–Trinajstić information content (AvgIpc) is 2.85. The highest BCUT2D eigenvalue weighted by molar-refractivity contribution is 6.03. The smallest absolute Gasteiger partial charge is 0.298 e. The number of aromatic nitrogens is 2. The Morgan fingerprint density at radius 1 is 1.39 bits per heavy atom. The van der Waals surface area contributed by atoms with Gasteiger partial charge in [-0.05, 0) is 18.6 Å². The number of amides is 1. The first-order valence-electron chi connectivity index (χ1n) is 5.70. The molecule has 1 aromatic carbocycles. The van der Waals surface area contributed by atoms with Gasteiger partial charge in [0, 0.05) is 23.2 Å². The Balaban J connectivity index is 1.99. The summed E-state index contributed by atoms with van der Waals surface area (Å²) >= 11 is 0. The molecule has 2 aromatic rings. The maximum atomic E-state index is 11.5. The first-order chi connectivity index (χ1) is 8.78. The zero-order valence-electron chi connectivity index (χ0n) is 10.0. The van der Waals surface area contributed by atoms with Crippen molar-refractivity contribution in [1.29, 1.82) is 0 Å². The molecule has 0 aliphatic heterocycles. The van der Waals surface area contributed by atoms with E-state index in [4.69, 9.17) is 0 Å². The number of hydrogen-bond donors (Lipinski definition) is 2. The van der Waals surface area contributed by atoms with Crippen molar-refractivity contribution in [3.8, 4) is 11.8 Å². The number of aryl methyl sites for hydroxylation is 1. The number of carbonyl (C=O) groups excluding carboxylic acids is 1. The standard InChI is InChI=1S/C14H13N3O/c1-2-12-10-13(17-16-12)15-14(18)9-8-11-6-4-3-5-7-11/h3-7,10H,2H2,1H3,(H2,15,16,17,18). The topological polar surface area (TPSA) is 57.8 Å². The lowest BCUT2D eigenvalue weighted by Crippen LogP contribution is -2.08. The fraction of sp³-hybridized carbons (Fsp3) is 0.143. The Morgan fingerprint density at radius 2 is 2.17 bits per heavy atom. The lowest BCUT2D eigenvalue weighted by molar-refractivity contribution is -0.111. The Kier molecular flexibility index (Phi) is 3.77. The maximum absolute atomic E-state index is 11.5. The molecular weight excluding hydrogens is 226 g/mol. The lowest BCUT2D eigenvalue weighted by Gasteiger charge is -1.92. The Hall–Kier alpha value is -2.54. The monoisotopic (exact) mass is 239 g/mol. The molecular formula is C14H13N3O. The van der Waals surface area contributed by atoms with Crippen LogP contribution in [0.25, 0.3) is 0 Å². The predicted octanol–water partition coefficient (Wildman–Crippen LogP) is 1.96. The average molecular weight is 239 g/mol. The van der Waals surface area contributed by atoms with Crippen molar-refractivity contribution in [1.82, 2.24) is 10.2 Å². The van der Waals surface area contributed by atoms with E-state index in [9.17, 15) is 4.79 Å². The van der Waals surface area contributed by atoms with Crippen molar-refractivity contribution in [3.05, 3.63) is 47.7 Å². The molecule has 0 fully saturated rings. The summed E-state index contributed by atoms with van der Waals surface area (Å²) in [5, 5.41) is 9.39. The van der Waals surface area contributed by atoms with E-state index >= 15 is 0 Å². The summed E-state index contributed by atoms with van der Waals surface area (Å²) in [4.78, 5) is 11.5. The van der Waals surface area contributed by atoms with Gasteiger partial charge in [0.1, 0.15) is 0 Å². The number of aromatic amines is 1. The second kappa shape index (κ2) is 5.69. The van der Waals surface area contributed by atoms with Crippen LogP contribution in [-0.4, -0.2) is 16.1 Å². The molecule has 2 rings (SSSR count). The van der Waals surface area contributed by atoms with Gasteiger partial charge >= 0.3 is 5.91 Å². The highest BCUT2D eigenvalue weighted by atomic mass is 16.1. The molecule has 0 atom stereocenters. The molecule has 0 spiro atoms. The van der Waals surface area contributed by atoms with Crippen LogP contribution in [0.15, 0.2) is 36.4 Å². The normalized spacial score (nSPS) is 9.39. The summed E-state index contributed by atoms with van der Waals surface area (Å²) in [6, 6.07) is 11.2. The van der Waals surface area contributed by atoms with E-state index in [1.165, 1.54) is 0 Å². The van der Waals surface area contributed by atoms with Gasteiger partial charge in [0.15, 0.2) is 5.82 Å². The molecule has 0 bridgehead atoms. The predicted molar refractivity (Wildman–Crippen MR) is 69.9 cm³/mol. The third-order valence-electron chi connectivity index (χ3n) is 2.35. The maximum Gasteiger partial charge on any atom is 0.301 e. The molecule has 0 unspecified atom stereocenters.